The molecule has 134 valence electrons. The van der Waals surface area contributed by atoms with Gasteiger partial charge in [-0.05, 0) is 53.9 Å². The van der Waals surface area contributed by atoms with Crippen LogP contribution in [0.1, 0.15) is 60.3 Å². The van der Waals surface area contributed by atoms with Crippen molar-refractivity contribution in [3.05, 3.63) is 0 Å². The smallest absolute Gasteiger partial charge is 0.191 e. The molecule has 0 aliphatic heterocycles. The fraction of sp³-hybridized carbons (Fsp3) is 0.944. The number of hydrogen-bond donors (Lipinski definition) is 3. The van der Waals surface area contributed by atoms with Crippen LogP contribution in [0, 0.1) is 5.41 Å². The van der Waals surface area contributed by atoms with E-state index in [-0.39, 0.29) is 5.54 Å². The third-order valence-electron chi connectivity index (χ3n) is 5.13. The van der Waals surface area contributed by atoms with Crippen molar-refractivity contribution >= 4 is 5.96 Å². The Hall–Kier alpha value is -0.810. The van der Waals surface area contributed by atoms with Crippen molar-refractivity contribution < 1.29 is 4.74 Å². The molecule has 5 heteroatoms. The number of rotatable bonds is 7. The Balaban J connectivity index is 1.84. The van der Waals surface area contributed by atoms with E-state index >= 15 is 0 Å². The van der Waals surface area contributed by atoms with E-state index in [9.17, 15) is 0 Å². The molecular weight excluding hydrogens is 288 g/mol. The highest BCUT2D eigenvalue weighted by atomic mass is 16.5. The van der Waals surface area contributed by atoms with E-state index in [1.807, 2.05) is 0 Å². The molecule has 1 spiro atoms. The minimum atomic E-state index is 0.149. The molecule has 2 saturated carbocycles. The van der Waals surface area contributed by atoms with Gasteiger partial charge in [-0.2, -0.15) is 0 Å². The average Bonchev–Trinajstić information content (AvgIpc) is 2.39. The van der Waals surface area contributed by atoms with Crippen LogP contribution in [0.5, 0.6) is 0 Å². The van der Waals surface area contributed by atoms with E-state index in [0.29, 0.717) is 17.6 Å². The van der Waals surface area contributed by atoms with E-state index in [1.54, 1.807) is 0 Å². The Morgan fingerprint density at radius 1 is 1.26 bits per heavy atom. The van der Waals surface area contributed by atoms with Gasteiger partial charge in [0.2, 0.25) is 0 Å². The maximum absolute atomic E-state index is 5.93. The first-order valence-electron chi connectivity index (χ1n) is 9.33. The SMILES string of the molecule is CCNC(=NCCNC(C)(C)C)NC1CC(OCC)C12CCC2. The fourth-order valence-corrected chi connectivity index (χ4v) is 3.72. The molecule has 0 aromatic heterocycles. The lowest BCUT2D eigenvalue weighted by molar-refractivity contribution is -0.168. The monoisotopic (exact) mass is 324 g/mol. The maximum atomic E-state index is 5.93. The standard InChI is InChI=1S/C18H36N4O/c1-6-19-16(20-11-12-21-17(3,4)5)22-14-13-15(23-7-2)18(14)9-8-10-18/h14-15,21H,6-13H2,1-5H3,(H2,19,20,22). The van der Waals surface area contributed by atoms with Crippen molar-refractivity contribution in [1.82, 2.24) is 16.0 Å². The average molecular weight is 325 g/mol. The highest BCUT2D eigenvalue weighted by Gasteiger charge is 2.59. The van der Waals surface area contributed by atoms with Gasteiger partial charge in [-0.15, -0.1) is 0 Å². The van der Waals surface area contributed by atoms with E-state index < -0.39 is 0 Å². The summed E-state index contributed by atoms with van der Waals surface area (Å²) in [6, 6.07) is 0.515. The van der Waals surface area contributed by atoms with Crippen molar-refractivity contribution in [2.45, 2.75) is 78.0 Å². The zero-order chi connectivity index (χ0) is 16.9. The van der Waals surface area contributed by atoms with Gasteiger partial charge in [0.05, 0.1) is 12.6 Å². The Morgan fingerprint density at radius 3 is 2.52 bits per heavy atom. The second-order valence-corrected chi connectivity index (χ2v) is 7.90. The lowest BCUT2D eigenvalue weighted by Gasteiger charge is -2.61. The van der Waals surface area contributed by atoms with Gasteiger partial charge in [0.15, 0.2) is 5.96 Å². The van der Waals surface area contributed by atoms with Gasteiger partial charge < -0.3 is 20.7 Å². The molecule has 0 bridgehead atoms. The largest absolute Gasteiger partial charge is 0.378 e. The second kappa shape index (κ2) is 7.84. The van der Waals surface area contributed by atoms with Crippen LogP contribution in [-0.2, 0) is 4.74 Å². The number of aliphatic imine (C=N–C) groups is 1. The van der Waals surface area contributed by atoms with Crippen LogP contribution in [0.15, 0.2) is 4.99 Å². The molecule has 5 nitrogen and oxygen atoms in total. The maximum Gasteiger partial charge on any atom is 0.191 e. The van der Waals surface area contributed by atoms with Crippen molar-refractivity contribution in [3.8, 4) is 0 Å². The molecule has 0 heterocycles. The van der Waals surface area contributed by atoms with Crippen molar-refractivity contribution in [1.29, 1.82) is 0 Å². The molecule has 0 radical (unpaired) electrons. The molecule has 0 saturated heterocycles. The van der Waals surface area contributed by atoms with Crippen molar-refractivity contribution in [3.63, 3.8) is 0 Å². The Morgan fingerprint density at radius 2 is 2.00 bits per heavy atom. The summed E-state index contributed by atoms with van der Waals surface area (Å²) in [4.78, 5) is 4.72. The first kappa shape index (κ1) is 18.5. The summed E-state index contributed by atoms with van der Waals surface area (Å²) < 4.78 is 5.93. The highest BCUT2D eigenvalue weighted by molar-refractivity contribution is 5.80. The first-order chi connectivity index (χ1) is 10.9. The summed E-state index contributed by atoms with van der Waals surface area (Å²) in [5, 5.41) is 10.5. The minimum Gasteiger partial charge on any atom is -0.378 e. The summed E-state index contributed by atoms with van der Waals surface area (Å²) in [5.41, 5.74) is 0.520. The van der Waals surface area contributed by atoms with E-state index in [0.717, 1.165) is 38.6 Å². The lowest BCUT2D eigenvalue weighted by Crippen LogP contribution is -2.68. The third-order valence-corrected chi connectivity index (χ3v) is 5.13. The molecule has 2 rings (SSSR count). The molecule has 23 heavy (non-hydrogen) atoms. The molecule has 0 aromatic carbocycles. The predicted octanol–water partition coefficient (Wildman–Crippen LogP) is 2.28. The van der Waals surface area contributed by atoms with Crippen LogP contribution >= 0.6 is 0 Å². The van der Waals surface area contributed by atoms with Crippen molar-refractivity contribution in [2.75, 3.05) is 26.2 Å². The Labute approximate surface area is 142 Å². The molecule has 2 fully saturated rings. The van der Waals surface area contributed by atoms with Crippen LogP contribution in [0.2, 0.25) is 0 Å². The van der Waals surface area contributed by atoms with Crippen molar-refractivity contribution in [2.24, 2.45) is 10.4 Å². The molecule has 2 atom stereocenters. The topological polar surface area (TPSA) is 57.7 Å². The van der Waals surface area contributed by atoms with Gasteiger partial charge >= 0.3 is 0 Å². The zero-order valence-electron chi connectivity index (χ0n) is 15.7. The van der Waals surface area contributed by atoms with Crippen LogP contribution < -0.4 is 16.0 Å². The Kier molecular flexibility index (Phi) is 6.32. The number of guanidine groups is 1. The molecule has 2 aliphatic carbocycles. The van der Waals surface area contributed by atoms with E-state index in [2.05, 4.69) is 50.6 Å². The summed E-state index contributed by atoms with van der Waals surface area (Å²) in [6.07, 6.45) is 5.48. The van der Waals surface area contributed by atoms with Gasteiger partial charge in [-0.3, -0.25) is 4.99 Å². The second-order valence-electron chi connectivity index (χ2n) is 7.90. The third kappa shape index (κ3) is 4.60. The number of hydrogen-bond acceptors (Lipinski definition) is 3. The Bertz CT molecular complexity index is 398. The van der Waals surface area contributed by atoms with E-state index in [4.69, 9.17) is 9.73 Å². The quantitative estimate of drug-likeness (QED) is 0.382. The fourth-order valence-electron chi connectivity index (χ4n) is 3.72. The number of ether oxygens (including phenoxy) is 1. The summed E-state index contributed by atoms with van der Waals surface area (Å²) in [5.74, 6) is 0.953. The summed E-state index contributed by atoms with van der Waals surface area (Å²) >= 11 is 0. The minimum absolute atomic E-state index is 0.149. The van der Waals surface area contributed by atoms with Gasteiger partial charge in [-0.1, -0.05) is 6.42 Å². The molecule has 0 aromatic rings. The summed E-state index contributed by atoms with van der Waals surface area (Å²) in [7, 11) is 0. The first-order valence-corrected chi connectivity index (χ1v) is 9.33. The van der Waals surface area contributed by atoms with Gasteiger partial charge in [-0.25, -0.2) is 0 Å². The number of nitrogens with one attached hydrogen (secondary N) is 3. The van der Waals surface area contributed by atoms with E-state index in [1.165, 1.54) is 19.3 Å². The van der Waals surface area contributed by atoms with Crippen LogP contribution in [0.4, 0.5) is 0 Å². The normalized spacial score (nSPS) is 26.6. The molecular formula is C18H36N4O. The van der Waals surface area contributed by atoms with Gasteiger partial charge in [0.1, 0.15) is 0 Å². The molecule has 0 amide bonds. The van der Waals surface area contributed by atoms with Crippen LogP contribution in [0.3, 0.4) is 0 Å². The van der Waals surface area contributed by atoms with Crippen LogP contribution in [0.25, 0.3) is 0 Å². The molecule has 2 aliphatic rings. The zero-order valence-corrected chi connectivity index (χ0v) is 15.7. The molecule has 3 N–H and O–H groups in total. The summed E-state index contributed by atoms with van der Waals surface area (Å²) in [6.45, 7) is 14.2. The van der Waals surface area contributed by atoms with Gasteiger partial charge in [0.25, 0.3) is 0 Å². The molecule has 2 unspecified atom stereocenters. The lowest BCUT2D eigenvalue weighted by atomic mass is 9.51. The number of nitrogens with zero attached hydrogens (tertiary/aromatic N) is 1. The predicted molar refractivity (Wildman–Crippen MR) is 97.0 cm³/mol. The van der Waals surface area contributed by atoms with Gasteiger partial charge in [0, 0.05) is 36.7 Å². The van der Waals surface area contributed by atoms with Crippen LogP contribution in [-0.4, -0.2) is 49.9 Å². The highest BCUT2D eigenvalue weighted by Crippen LogP contribution is 2.57.